The molecular weight excluding hydrogens is 297 g/mol. The van der Waals surface area contributed by atoms with Crippen molar-refractivity contribution in [1.82, 2.24) is 0 Å². The summed E-state index contributed by atoms with van der Waals surface area (Å²) in [6.45, 7) is 4.19. The Morgan fingerprint density at radius 2 is 1.82 bits per heavy atom. The number of rotatable bonds is 6. The summed E-state index contributed by atoms with van der Waals surface area (Å²) < 4.78 is 13.5. The predicted octanol–water partition coefficient (Wildman–Crippen LogP) is 5.07. The van der Waals surface area contributed by atoms with Crippen LogP contribution in [0, 0.1) is 5.82 Å². The zero-order chi connectivity index (χ0) is 15.9. The number of thioether (sulfide) groups is 1. The number of para-hydroxylation sites is 1. The molecule has 0 atom stereocenters. The van der Waals surface area contributed by atoms with Crippen molar-refractivity contribution in [3.05, 3.63) is 59.9 Å². The van der Waals surface area contributed by atoms with E-state index in [0.29, 0.717) is 23.0 Å². The predicted molar refractivity (Wildman–Crippen MR) is 90.9 cm³/mol. The number of anilines is 1. The first kappa shape index (κ1) is 16.6. The maximum atomic E-state index is 13.5. The van der Waals surface area contributed by atoms with E-state index in [1.54, 1.807) is 18.2 Å². The Morgan fingerprint density at radius 1 is 1.14 bits per heavy atom. The van der Waals surface area contributed by atoms with Crippen molar-refractivity contribution in [2.45, 2.75) is 31.1 Å². The van der Waals surface area contributed by atoms with Crippen LogP contribution in [0.5, 0.6) is 0 Å². The van der Waals surface area contributed by atoms with Crippen LogP contribution < -0.4 is 5.32 Å². The number of benzene rings is 2. The molecule has 4 heteroatoms. The van der Waals surface area contributed by atoms with Crippen LogP contribution >= 0.6 is 11.8 Å². The second kappa shape index (κ2) is 7.99. The van der Waals surface area contributed by atoms with Gasteiger partial charge in [-0.05, 0) is 29.7 Å². The van der Waals surface area contributed by atoms with E-state index in [2.05, 4.69) is 19.2 Å². The van der Waals surface area contributed by atoms with Gasteiger partial charge in [0.1, 0.15) is 5.82 Å². The molecule has 0 heterocycles. The molecule has 22 heavy (non-hydrogen) atoms. The van der Waals surface area contributed by atoms with Gasteiger partial charge in [-0.1, -0.05) is 44.2 Å². The monoisotopic (exact) mass is 317 g/mol. The Labute approximate surface area is 135 Å². The summed E-state index contributed by atoms with van der Waals surface area (Å²) in [5.41, 5.74) is 1.98. The van der Waals surface area contributed by atoms with Gasteiger partial charge in [0.2, 0.25) is 5.91 Å². The van der Waals surface area contributed by atoms with Crippen molar-refractivity contribution < 1.29 is 9.18 Å². The number of carbonyl (C=O) groups is 1. The van der Waals surface area contributed by atoms with E-state index in [0.717, 1.165) is 11.3 Å². The molecule has 2 aromatic rings. The smallest absolute Gasteiger partial charge is 0.225 e. The number of halogens is 1. The van der Waals surface area contributed by atoms with Gasteiger partial charge in [0.05, 0.1) is 0 Å². The number of nitrogens with one attached hydrogen (secondary N) is 1. The second-order valence-electron chi connectivity index (χ2n) is 5.32. The molecule has 0 bridgehead atoms. The molecule has 0 unspecified atom stereocenters. The molecule has 0 fully saturated rings. The summed E-state index contributed by atoms with van der Waals surface area (Å²) in [4.78, 5) is 12.6. The molecule has 0 aliphatic carbocycles. The third kappa shape index (κ3) is 4.60. The van der Waals surface area contributed by atoms with Gasteiger partial charge >= 0.3 is 0 Å². The zero-order valence-electron chi connectivity index (χ0n) is 12.8. The molecule has 0 spiro atoms. The maximum Gasteiger partial charge on any atom is 0.225 e. The minimum Gasteiger partial charge on any atom is -0.326 e. The van der Waals surface area contributed by atoms with Crippen LogP contribution in [0.2, 0.25) is 0 Å². The summed E-state index contributed by atoms with van der Waals surface area (Å²) in [7, 11) is 0. The van der Waals surface area contributed by atoms with E-state index in [4.69, 9.17) is 0 Å². The fourth-order valence-electron chi connectivity index (χ4n) is 2.14. The van der Waals surface area contributed by atoms with Crippen LogP contribution in [0.1, 0.15) is 31.7 Å². The van der Waals surface area contributed by atoms with Gasteiger partial charge < -0.3 is 5.32 Å². The maximum absolute atomic E-state index is 13.5. The van der Waals surface area contributed by atoms with Crippen molar-refractivity contribution in [3.8, 4) is 0 Å². The molecule has 0 aliphatic heterocycles. The highest BCUT2D eigenvalue weighted by Crippen LogP contribution is 2.25. The van der Waals surface area contributed by atoms with E-state index in [1.807, 2.05) is 24.3 Å². The van der Waals surface area contributed by atoms with E-state index in [-0.39, 0.29) is 11.7 Å². The third-order valence-electron chi connectivity index (χ3n) is 3.28. The lowest BCUT2D eigenvalue weighted by molar-refractivity contribution is -0.115. The summed E-state index contributed by atoms with van der Waals surface area (Å²) in [5, 5.41) is 2.95. The van der Waals surface area contributed by atoms with Gasteiger partial charge in [-0.25, -0.2) is 4.39 Å². The lowest BCUT2D eigenvalue weighted by Gasteiger charge is -2.13. The highest BCUT2D eigenvalue weighted by molar-refractivity contribution is 7.99. The second-order valence-corrected chi connectivity index (χ2v) is 6.46. The van der Waals surface area contributed by atoms with Crippen LogP contribution in [0.4, 0.5) is 10.1 Å². The topological polar surface area (TPSA) is 29.1 Å². The summed E-state index contributed by atoms with van der Waals surface area (Å²) in [6, 6.07) is 14.4. The van der Waals surface area contributed by atoms with Gasteiger partial charge in [-0.2, -0.15) is 0 Å². The van der Waals surface area contributed by atoms with Crippen molar-refractivity contribution >= 4 is 23.4 Å². The minimum atomic E-state index is -0.238. The summed E-state index contributed by atoms with van der Waals surface area (Å²) in [5.74, 6) is 0.621. The molecule has 1 N–H and O–H groups in total. The van der Waals surface area contributed by atoms with Crippen LogP contribution in [0.25, 0.3) is 0 Å². The Balaban J connectivity index is 1.88. The Morgan fingerprint density at radius 3 is 2.55 bits per heavy atom. The highest BCUT2D eigenvalue weighted by atomic mass is 32.2. The van der Waals surface area contributed by atoms with Crippen LogP contribution in [0.3, 0.4) is 0 Å². The van der Waals surface area contributed by atoms with Gasteiger partial charge in [-0.3, -0.25) is 4.79 Å². The number of hydrogen-bond donors (Lipinski definition) is 1. The van der Waals surface area contributed by atoms with Gasteiger partial charge in [-0.15, -0.1) is 11.8 Å². The normalized spacial score (nSPS) is 10.7. The first-order chi connectivity index (χ1) is 10.6. The lowest BCUT2D eigenvalue weighted by Crippen LogP contribution is -2.14. The molecule has 2 nitrogen and oxygen atoms in total. The Hall–Kier alpha value is -1.81. The molecule has 1 amide bonds. The lowest BCUT2D eigenvalue weighted by atomic mass is 10.0. The first-order valence-electron chi connectivity index (χ1n) is 7.34. The fourth-order valence-corrected chi connectivity index (χ4v) is 3.03. The molecule has 0 aliphatic rings. The average molecular weight is 317 g/mol. The molecule has 0 saturated heterocycles. The molecule has 2 aromatic carbocycles. The minimum absolute atomic E-state index is 0.0445. The van der Waals surface area contributed by atoms with Crippen molar-refractivity contribution in [3.63, 3.8) is 0 Å². The molecule has 0 radical (unpaired) electrons. The van der Waals surface area contributed by atoms with Crippen molar-refractivity contribution in [1.29, 1.82) is 0 Å². The van der Waals surface area contributed by atoms with E-state index >= 15 is 0 Å². The van der Waals surface area contributed by atoms with Crippen molar-refractivity contribution in [2.24, 2.45) is 0 Å². The zero-order valence-corrected chi connectivity index (χ0v) is 13.6. The van der Waals surface area contributed by atoms with Crippen LogP contribution in [-0.4, -0.2) is 11.7 Å². The number of hydrogen-bond acceptors (Lipinski definition) is 2. The fraction of sp³-hybridized carbons (Fsp3) is 0.278. The van der Waals surface area contributed by atoms with Crippen LogP contribution in [-0.2, 0) is 4.79 Å². The highest BCUT2D eigenvalue weighted by Gasteiger charge is 2.09. The molecule has 2 rings (SSSR count). The third-order valence-corrected chi connectivity index (χ3v) is 4.33. The summed E-state index contributed by atoms with van der Waals surface area (Å²) >= 11 is 1.36. The van der Waals surface area contributed by atoms with Gasteiger partial charge in [0, 0.05) is 22.8 Å². The standard InChI is InChI=1S/C18H20FNOS/c1-13(2)14-7-3-5-9-16(14)20-18(21)11-12-22-17-10-6-4-8-15(17)19/h3-10,13H,11-12H2,1-2H3,(H,20,21). The largest absolute Gasteiger partial charge is 0.326 e. The van der Waals surface area contributed by atoms with E-state index in [1.165, 1.54) is 17.8 Å². The quantitative estimate of drug-likeness (QED) is 0.754. The number of amides is 1. The SMILES string of the molecule is CC(C)c1ccccc1NC(=O)CCSc1ccccc1F. The molecule has 0 aromatic heterocycles. The Bertz CT molecular complexity index is 642. The molecule has 116 valence electrons. The Kier molecular flexibility index (Phi) is 6.01. The summed E-state index contributed by atoms with van der Waals surface area (Å²) in [6.07, 6.45) is 0.353. The average Bonchev–Trinajstić information content (AvgIpc) is 2.49. The number of carbonyl (C=O) groups excluding carboxylic acids is 1. The van der Waals surface area contributed by atoms with Crippen LogP contribution in [0.15, 0.2) is 53.4 Å². The molecular formula is C18H20FNOS. The van der Waals surface area contributed by atoms with Crippen molar-refractivity contribution in [2.75, 3.05) is 11.1 Å². The first-order valence-corrected chi connectivity index (χ1v) is 8.32. The van der Waals surface area contributed by atoms with Gasteiger partial charge in [0.25, 0.3) is 0 Å². The van der Waals surface area contributed by atoms with E-state index < -0.39 is 0 Å². The molecule has 0 saturated carbocycles. The van der Waals surface area contributed by atoms with Gasteiger partial charge in [0.15, 0.2) is 0 Å². The van der Waals surface area contributed by atoms with E-state index in [9.17, 15) is 9.18 Å².